The first-order valence-electron chi connectivity index (χ1n) is 7.85. The third-order valence-corrected chi connectivity index (χ3v) is 6.22. The summed E-state index contributed by atoms with van der Waals surface area (Å²) in [6.07, 6.45) is 0.542. The number of likely N-dealkylation sites (tertiary alicyclic amines) is 1. The number of carbonyl (C=O) groups is 2. The molecule has 2 aliphatic heterocycles. The van der Waals surface area contributed by atoms with Crippen molar-refractivity contribution in [3.05, 3.63) is 35.6 Å². The van der Waals surface area contributed by atoms with Crippen LogP contribution in [0.1, 0.15) is 18.4 Å². The predicted molar refractivity (Wildman–Crippen MR) is 85.1 cm³/mol. The average Bonchev–Trinajstić information content (AvgIpc) is 3.04. The van der Waals surface area contributed by atoms with E-state index in [0.29, 0.717) is 19.5 Å². The maximum Gasteiger partial charge on any atom is 0.225 e. The Bertz CT molecular complexity index is 748. The van der Waals surface area contributed by atoms with Crippen molar-refractivity contribution in [2.75, 3.05) is 18.1 Å². The summed E-state index contributed by atoms with van der Waals surface area (Å²) < 4.78 is 35.8. The topological polar surface area (TPSA) is 83.5 Å². The summed E-state index contributed by atoms with van der Waals surface area (Å²) in [5, 5.41) is 2.74. The van der Waals surface area contributed by atoms with Crippen molar-refractivity contribution < 1.29 is 22.4 Å². The van der Waals surface area contributed by atoms with Gasteiger partial charge in [0.1, 0.15) is 5.82 Å². The van der Waals surface area contributed by atoms with E-state index < -0.39 is 15.8 Å². The van der Waals surface area contributed by atoms with Gasteiger partial charge in [0.05, 0.1) is 17.4 Å². The largest absolute Gasteiger partial charge is 0.352 e. The van der Waals surface area contributed by atoms with Crippen LogP contribution in [-0.2, 0) is 26.0 Å². The van der Waals surface area contributed by atoms with E-state index in [-0.39, 0.29) is 41.6 Å². The van der Waals surface area contributed by atoms with E-state index in [9.17, 15) is 22.4 Å². The summed E-state index contributed by atoms with van der Waals surface area (Å²) in [5.74, 6) is -1.14. The van der Waals surface area contributed by atoms with Crippen LogP contribution in [-0.4, -0.2) is 49.2 Å². The molecule has 0 spiro atoms. The Morgan fingerprint density at radius 1 is 1.29 bits per heavy atom. The summed E-state index contributed by atoms with van der Waals surface area (Å²) in [6, 6.07) is 5.53. The molecule has 6 nitrogen and oxygen atoms in total. The fourth-order valence-electron chi connectivity index (χ4n) is 3.14. The fraction of sp³-hybridized carbons (Fsp3) is 0.500. The lowest BCUT2D eigenvalue weighted by Gasteiger charge is -2.18. The van der Waals surface area contributed by atoms with E-state index in [0.717, 1.165) is 5.56 Å². The monoisotopic (exact) mass is 354 g/mol. The first kappa shape index (κ1) is 16.9. The number of halogens is 1. The zero-order chi connectivity index (χ0) is 17.3. The predicted octanol–water partition coefficient (Wildman–Crippen LogP) is 0.477. The second-order valence-electron chi connectivity index (χ2n) is 6.41. The van der Waals surface area contributed by atoms with Gasteiger partial charge >= 0.3 is 0 Å². The molecule has 2 atom stereocenters. The SMILES string of the molecule is O=C(NC1CCS(=O)(=O)C1)C1CC(=O)N(Cc2ccc(F)cc2)C1. The third kappa shape index (κ3) is 3.92. The molecule has 2 heterocycles. The van der Waals surface area contributed by atoms with Crippen LogP contribution in [0.3, 0.4) is 0 Å². The van der Waals surface area contributed by atoms with Crippen LogP contribution in [0.25, 0.3) is 0 Å². The molecular weight excluding hydrogens is 335 g/mol. The van der Waals surface area contributed by atoms with E-state index in [2.05, 4.69) is 5.32 Å². The van der Waals surface area contributed by atoms with Crippen molar-refractivity contribution in [1.29, 1.82) is 0 Å². The molecule has 24 heavy (non-hydrogen) atoms. The van der Waals surface area contributed by atoms with Crippen LogP contribution in [0.15, 0.2) is 24.3 Å². The van der Waals surface area contributed by atoms with Crippen molar-refractivity contribution in [3.63, 3.8) is 0 Å². The Balaban J connectivity index is 1.56. The van der Waals surface area contributed by atoms with Gasteiger partial charge in [0.2, 0.25) is 11.8 Å². The minimum atomic E-state index is -3.05. The molecule has 0 aromatic heterocycles. The standard InChI is InChI=1S/C16H19FN2O4S/c17-13-3-1-11(2-4-13)8-19-9-12(7-15(19)20)16(21)18-14-5-6-24(22,23)10-14/h1-4,12,14H,5-10H2,(H,18,21). The van der Waals surface area contributed by atoms with Gasteiger partial charge in [0.25, 0.3) is 0 Å². The number of rotatable bonds is 4. The molecule has 8 heteroatoms. The lowest BCUT2D eigenvalue weighted by molar-refractivity contribution is -0.129. The fourth-order valence-corrected chi connectivity index (χ4v) is 4.81. The third-order valence-electron chi connectivity index (χ3n) is 4.45. The minimum absolute atomic E-state index is 0.0291. The molecule has 1 aromatic rings. The normalized spacial score (nSPS) is 25.9. The van der Waals surface area contributed by atoms with Gasteiger partial charge in [-0.05, 0) is 24.1 Å². The highest BCUT2D eigenvalue weighted by Gasteiger charge is 2.36. The highest BCUT2D eigenvalue weighted by molar-refractivity contribution is 7.91. The minimum Gasteiger partial charge on any atom is -0.352 e. The molecule has 130 valence electrons. The van der Waals surface area contributed by atoms with E-state index >= 15 is 0 Å². The number of sulfone groups is 1. The van der Waals surface area contributed by atoms with Crippen LogP contribution < -0.4 is 5.32 Å². The maximum absolute atomic E-state index is 12.9. The van der Waals surface area contributed by atoms with Crippen molar-refractivity contribution in [1.82, 2.24) is 10.2 Å². The Morgan fingerprint density at radius 3 is 2.62 bits per heavy atom. The smallest absolute Gasteiger partial charge is 0.225 e. The van der Waals surface area contributed by atoms with Gasteiger partial charge < -0.3 is 10.2 Å². The van der Waals surface area contributed by atoms with Crippen LogP contribution in [0.4, 0.5) is 4.39 Å². The molecule has 2 aliphatic rings. The van der Waals surface area contributed by atoms with Gasteiger partial charge in [0.15, 0.2) is 9.84 Å². The molecule has 3 rings (SSSR count). The molecule has 2 fully saturated rings. The molecule has 2 amide bonds. The van der Waals surface area contributed by atoms with E-state index in [1.165, 1.54) is 12.1 Å². The van der Waals surface area contributed by atoms with E-state index in [1.54, 1.807) is 17.0 Å². The first-order valence-corrected chi connectivity index (χ1v) is 9.67. The van der Waals surface area contributed by atoms with Gasteiger partial charge in [0, 0.05) is 25.6 Å². The molecule has 0 radical (unpaired) electrons. The summed E-state index contributed by atoms with van der Waals surface area (Å²) in [6.45, 7) is 0.627. The Hall–Kier alpha value is -1.96. The zero-order valence-corrected chi connectivity index (χ0v) is 13.9. The van der Waals surface area contributed by atoms with Crippen molar-refractivity contribution in [2.24, 2.45) is 5.92 Å². The second kappa shape index (κ2) is 6.51. The van der Waals surface area contributed by atoms with Crippen molar-refractivity contribution >= 4 is 21.7 Å². The van der Waals surface area contributed by atoms with Gasteiger partial charge in [-0.25, -0.2) is 12.8 Å². The molecule has 0 aliphatic carbocycles. The highest BCUT2D eigenvalue weighted by atomic mass is 32.2. The first-order chi connectivity index (χ1) is 11.3. The molecule has 1 aromatic carbocycles. The molecular formula is C16H19FN2O4S. The summed E-state index contributed by atoms with van der Waals surface area (Å²) in [4.78, 5) is 25.9. The second-order valence-corrected chi connectivity index (χ2v) is 8.64. The molecule has 2 unspecified atom stereocenters. The van der Waals surface area contributed by atoms with Gasteiger partial charge in [-0.15, -0.1) is 0 Å². The van der Waals surface area contributed by atoms with E-state index in [4.69, 9.17) is 0 Å². The molecule has 0 saturated carbocycles. The average molecular weight is 354 g/mol. The number of amides is 2. The van der Waals surface area contributed by atoms with Crippen molar-refractivity contribution in [2.45, 2.75) is 25.4 Å². The Morgan fingerprint density at radius 2 is 2.00 bits per heavy atom. The number of carbonyl (C=O) groups excluding carboxylic acids is 2. The highest BCUT2D eigenvalue weighted by Crippen LogP contribution is 2.21. The number of hydrogen-bond acceptors (Lipinski definition) is 4. The van der Waals surface area contributed by atoms with Crippen LogP contribution >= 0.6 is 0 Å². The van der Waals surface area contributed by atoms with Crippen molar-refractivity contribution in [3.8, 4) is 0 Å². The Kier molecular flexibility index (Phi) is 4.58. The number of benzene rings is 1. The molecule has 1 N–H and O–H groups in total. The van der Waals surface area contributed by atoms with Gasteiger partial charge in [-0.1, -0.05) is 12.1 Å². The summed E-state index contributed by atoms with van der Waals surface area (Å²) >= 11 is 0. The van der Waals surface area contributed by atoms with Crippen LogP contribution in [0, 0.1) is 11.7 Å². The van der Waals surface area contributed by atoms with E-state index in [1.807, 2.05) is 0 Å². The van der Waals surface area contributed by atoms with Crippen LogP contribution in [0.5, 0.6) is 0 Å². The lowest BCUT2D eigenvalue weighted by atomic mass is 10.1. The van der Waals surface area contributed by atoms with Gasteiger partial charge in [-0.3, -0.25) is 9.59 Å². The number of nitrogens with zero attached hydrogens (tertiary/aromatic N) is 1. The molecule has 0 bridgehead atoms. The van der Waals surface area contributed by atoms with Crippen LogP contribution in [0.2, 0.25) is 0 Å². The summed E-state index contributed by atoms with van der Waals surface area (Å²) in [5.41, 5.74) is 0.799. The number of nitrogens with one attached hydrogen (secondary N) is 1. The Labute approximate surface area is 139 Å². The molecule has 2 saturated heterocycles. The quantitative estimate of drug-likeness (QED) is 0.852. The maximum atomic E-state index is 12.9. The number of hydrogen-bond donors (Lipinski definition) is 1. The summed E-state index contributed by atoms with van der Waals surface area (Å²) in [7, 11) is -3.05. The van der Waals surface area contributed by atoms with Gasteiger partial charge in [-0.2, -0.15) is 0 Å². The lowest BCUT2D eigenvalue weighted by Crippen LogP contribution is -2.40. The zero-order valence-electron chi connectivity index (χ0n) is 13.1.